The molecule has 0 rings (SSSR count). The van der Waals surface area contributed by atoms with Crippen LogP contribution in [0.5, 0.6) is 0 Å². The van der Waals surface area contributed by atoms with Crippen LogP contribution in [0.2, 0.25) is 0 Å². The van der Waals surface area contributed by atoms with Crippen LogP contribution in [0, 0.1) is 0 Å². The lowest BCUT2D eigenvalue weighted by atomic mass is 10.2. The van der Waals surface area contributed by atoms with Crippen molar-refractivity contribution in [2.75, 3.05) is 6.54 Å². The molecule has 0 saturated carbocycles. The Morgan fingerprint density at radius 2 is 1.78 bits per heavy atom. The highest BCUT2D eigenvalue weighted by Gasteiger charge is 2.22. The Morgan fingerprint density at radius 3 is 2.22 bits per heavy atom. The van der Waals surface area contributed by atoms with E-state index in [0.717, 1.165) is 0 Å². The Labute approximate surface area is 107 Å². The molecule has 1 atom stereocenters. The van der Waals surface area contributed by atoms with E-state index in [1.54, 1.807) is 27.7 Å². The first-order valence-electron chi connectivity index (χ1n) is 5.88. The molecule has 104 valence electrons. The van der Waals surface area contributed by atoms with Gasteiger partial charge in [-0.3, -0.25) is 9.59 Å². The Bertz CT molecular complexity index is 321. The van der Waals surface area contributed by atoms with Gasteiger partial charge in [0.15, 0.2) is 0 Å². The van der Waals surface area contributed by atoms with Gasteiger partial charge in [-0.15, -0.1) is 0 Å². The molecule has 6 heteroatoms. The summed E-state index contributed by atoms with van der Waals surface area (Å²) in [5, 5.41) is 5.01. The minimum absolute atomic E-state index is 0.132. The monoisotopic (exact) mass is 258 g/mol. The molecular weight excluding hydrogens is 236 g/mol. The van der Waals surface area contributed by atoms with Crippen LogP contribution in [0.4, 0.5) is 0 Å². The van der Waals surface area contributed by atoms with E-state index >= 15 is 0 Å². The van der Waals surface area contributed by atoms with Crippen LogP contribution >= 0.6 is 0 Å². The van der Waals surface area contributed by atoms with E-state index in [-0.39, 0.29) is 24.8 Å². The van der Waals surface area contributed by atoms with Gasteiger partial charge in [0.25, 0.3) is 0 Å². The molecule has 0 heterocycles. The lowest BCUT2D eigenvalue weighted by Gasteiger charge is -2.22. The van der Waals surface area contributed by atoms with Crippen LogP contribution in [0.15, 0.2) is 0 Å². The Balaban J connectivity index is 4.00. The second-order valence-electron chi connectivity index (χ2n) is 5.06. The van der Waals surface area contributed by atoms with Gasteiger partial charge in [-0.2, -0.15) is 0 Å². The highest BCUT2D eigenvalue weighted by molar-refractivity contribution is 5.84. The lowest BCUT2D eigenvalue weighted by Crippen LogP contribution is -2.43. The summed E-state index contributed by atoms with van der Waals surface area (Å²) in [7, 11) is 0. The molecule has 0 unspecified atom stereocenters. The predicted octanol–water partition coefficient (Wildman–Crippen LogP) is 0.359. The van der Waals surface area contributed by atoms with Gasteiger partial charge in [0, 0.05) is 19.9 Å². The molecule has 0 radical (unpaired) electrons. The Morgan fingerprint density at radius 1 is 1.22 bits per heavy atom. The van der Waals surface area contributed by atoms with Crippen molar-refractivity contribution in [2.45, 2.75) is 52.7 Å². The number of carbonyl (C=O) groups is 3. The fourth-order valence-corrected chi connectivity index (χ4v) is 1.11. The minimum Gasteiger partial charge on any atom is -0.458 e. The van der Waals surface area contributed by atoms with Crippen molar-refractivity contribution in [1.82, 2.24) is 10.6 Å². The van der Waals surface area contributed by atoms with E-state index in [0.29, 0.717) is 0 Å². The van der Waals surface area contributed by atoms with Gasteiger partial charge in [-0.1, -0.05) is 0 Å². The first kappa shape index (κ1) is 16.4. The maximum atomic E-state index is 11.6. The molecule has 0 aliphatic rings. The van der Waals surface area contributed by atoms with Gasteiger partial charge in [0.05, 0.1) is 0 Å². The molecule has 6 nitrogen and oxygen atoms in total. The Hall–Kier alpha value is -1.59. The molecule has 2 amide bonds. The van der Waals surface area contributed by atoms with Crippen molar-refractivity contribution in [2.24, 2.45) is 0 Å². The van der Waals surface area contributed by atoms with Crippen molar-refractivity contribution < 1.29 is 19.1 Å². The van der Waals surface area contributed by atoms with E-state index in [1.807, 2.05) is 0 Å². The molecule has 0 aliphatic heterocycles. The van der Waals surface area contributed by atoms with Gasteiger partial charge >= 0.3 is 5.97 Å². The number of carbonyl (C=O) groups excluding carboxylic acids is 3. The molecule has 2 N–H and O–H groups in total. The zero-order valence-electron chi connectivity index (χ0n) is 11.6. The third kappa shape index (κ3) is 8.55. The summed E-state index contributed by atoms with van der Waals surface area (Å²) in [5.74, 6) is -0.972. The SMILES string of the molecule is CC(=O)NCCC(=O)N[C@H](C)C(=O)OC(C)(C)C. The zero-order valence-corrected chi connectivity index (χ0v) is 11.6. The number of nitrogens with one attached hydrogen (secondary N) is 2. The van der Waals surface area contributed by atoms with Crippen molar-refractivity contribution in [3.8, 4) is 0 Å². The summed E-state index contributed by atoms with van der Waals surface area (Å²) in [5.41, 5.74) is -0.577. The molecule has 18 heavy (non-hydrogen) atoms. The molecule has 0 saturated heterocycles. The number of ether oxygens (including phenoxy) is 1. The van der Waals surface area contributed by atoms with Gasteiger partial charge < -0.3 is 15.4 Å². The average Bonchev–Trinajstić information content (AvgIpc) is 2.13. The van der Waals surface area contributed by atoms with Crippen LogP contribution < -0.4 is 10.6 Å². The summed E-state index contributed by atoms with van der Waals surface area (Å²) >= 11 is 0. The third-order valence-corrected chi connectivity index (χ3v) is 1.86. The maximum Gasteiger partial charge on any atom is 0.328 e. The van der Waals surface area contributed by atoms with Gasteiger partial charge in [-0.25, -0.2) is 4.79 Å². The van der Waals surface area contributed by atoms with Crippen LogP contribution in [-0.4, -0.2) is 36.0 Å². The summed E-state index contributed by atoms with van der Waals surface area (Å²) in [6.45, 7) is 8.47. The van der Waals surface area contributed by atoms with E-state index in [9.17, 15) is 14.4 Å². The average molecular weight is 258 g/mol. The van der Waals surface area contributed by atoms with E-state index in [2.05, 4.69) is 10.6 Å². The van der Waals surface area contributed by atoms with Crippen molar-refractivity contribution in [1.29, 1.82) is 0 Å². The maximum absolute atomic E-state index is 11.6. The quantitative estimate of drug-likeness (QED) is 0.697. The zero-order chi connectivity index (χ0) is 14.3. The number of rotatable bonds is 5. The first-order chi connectivity index (χ1) is 8.11. The van der Waals surface area contributed by atoms with E-state index < -0.39 is 17.6 Å². The highest BCUT2D eigenvalue weighted by Crippen LogP contribution is 2.08. The lowest BCUT2D eigenvalue weighted by molar-refractivity contribution is -0.158. The van der Waals surface area contributed by atoms with Crippen molar-refractivity contribution >= 4 is 17.8 Å². The number of esters is 1. The predicted molar refractivity (Wildman–Crippen MR) is 66.8 cm³/mol. The summed E-state index contributed by atoms with van der Waals surface area (Å²) in [4.78, 5) is 33.6. The summed E-state index contributed by atoms with van der Waals surface area (Å²) < 4.78 is 5.12. The van der Waals surface area contributed by atoms with Crippen LogP contribution in [-0.2, 0) is 19.1 Å². The molecule has 0 aliphatic carbocycles. The molecule has 0 aromatic rings. The van der Waals surface area contributed by atoms with Crippen molar-refractivity contribution in [3.63, 3.8) is 0 Å². The second-order valence-corrected chi connectivity index (χ2v) is 5.06. The van der Waals surface area contributed by atoms with Gasteiger partial charge in [0.1, 0.15) is 11.6 Å². The molecule has 0 bridgehead atoms. The largest absolute Gasteiger partial charge is 0.458 e. The fourth-order valence-electron chi connectivity index (χ4n) is 1.11. The molecular formula is C12H22N2O4. The van der Waals surface area contributed by atoms with Crippen molar-refractivity contribution in [3.05, 3.63) is 0 Å². The standard InChI is InChI=1S/C12H22N2O4/c1-8(11(17)18-12(3,4)5)14-10(16)6-7-13-9(2)15/h8H,6-7H2,1-5H3,(H,13,15)(H,14,16)/t8-/m1/s1. The number of amides is 2. The fraction of sp³-hybridized carbons (Fsp3) is 0.750. The first-order valence-corrected chi connectivity index (χ1v) is 5.88. The normalized spacial score (nSPS) is 12.5. The smallest absolute Gasteiger partial charge is 0.328 e. The van der Waals surface area contributed by atoms with Crippen LogP contribution in [0.1, 0.15) is 41.0 Å². The third-order valence-electron chi connectivity index (χ3n) is 1.86. The summed E-state index contributed by atoms with van der Waals surface area (Å²) in [6, 6.07) is -0.700. The van der Waals surface area contributed by atoms with E-state index in [4.69, 9.17) is 4.74 Å². The topological polar surface area (TPSA) is 84.5 Å². The van der Waals surface area contributed by atoms with Gasteiger partial charge in [-0.05, 0) is 27.7 Å². The minimum atomic E-state index is -0.700. The second kappa shape index (κ2) is 6.98. The summed E-state index contributed by atoms with van der Waals surface area (Å²) in [6.07, 6.45) is 0.132. The molecule has 0 aromatic heterocycles. The van der Waals surface area contributed by atoms with Gasteiger partial charge in [0.2, 0.25) is 11.8 Å². The molecule has 0 fully saturated rings. The van der Waals surface area contributed by atoms with Crippen LogP contribution in [0.3, 0.4) is 0 Å². The molecule has 0 spiro atoms. The number of hydrogen-bond acceptors (Lipinski definition) is 4. The Kier molecular flexibility index (Phi) is 6.36. The van der Waals surface area contributed by atoms with Crippen LogP contribution in [0.25, 0.3) is 0 Å². The number of hydrogen-bond donors (Lipinski definition) is 2. The molecule has 0 aromatic carbocycles. The van der Waals surface area contributed by atoms with E-state index in [1.165, 1.54) is 6.92 Å². The highest BCUT2D eigenvalue weighted by atomic mass is 16.6.